The van der Waals surface area contributed by atoms with Gasteiger partial charge in [-0.2, -0.15) is 0 Å². The van der Waals surface area contributed by atoms with Crippen molar-refractivity contribution in [1.29, 1.82) is 0 Å². The van der Waals surface area contributed by atoms with Gasteiger partial charge in [-0.15, -0.1) is 0 Å². The van der Waals surface area contributed by atoms with Gasteiger partial charge in [0.25, 0.3) is 0 Å². The SMILES string of the molecule is C[C@@]12CCC[C@H]1[C@@H]1CC[C@H]3NC(=O)CC(NC4CC4)[C@]3(C)[C@H]1CC2. The fraction of sp³-hybridized carbons (Fsp3) is 0.952. The van der Waals surface area contributed by atoms with E-state index < -0.39 is 0 Å². The zero-order valence-corrected chi connectivity index (χ0v) is 15.4. The maximum absolute atomic E-state index is 12.3. The lowest BCUT2D eigenvalue weighted by molar-refractivity contribution is -0.140. The predicted molar refractivity (Wildman–Crippen MR) is 95.5 cm³/mol. The number of hydrogen-bond donors (Lipinski definition) is 2. The first kappa shape index (κ1) is 15.7. The summed E-state index contributed by atoms with van der Waals surface area (Å²) in [5.74, 6) is 2.96. The maximum atomic E-state index is 12.3. The minimum Gasteiger partial charge on any atom is -0.353 e. The van der Waals surface area contributed by atoms with Crippen LogP contribution < -0.4 is 10.6 Å². The lowest BCUT2D eigenvalue weighted by atomic mass is 9.46. The predicted octanol–water partition coefficient (Wildman–Crippen LogP) is 3.63. The van der Waals surface area contributed by atoms with Gasteiger partial charge in [0.2, 0.25) is 5.91 Å². The average Bonchev–Trinajstić information content (AvgIpc) is 3.26. The van der Waals surface area contributed by atoms with Crippen LogP contribution in [0.3, 0.4) is 0 Å². The summed E-state index contributed by atoms with van der Waals surface area (Å²) in [5, 5.41) is 7.31. The summed E-state index contributed by atoms with van der Waals surface area (Å²) in [5.41, 5.74) is 0.894. The van der Waals surface area contributed by atoms with Gasteiger partial charge in [0.1, 0.15) is 0 Å². The molecule has 1 amide bonds. The van der Waals surface area contributed by atoms with E-state index in [1.807, 2.05) is 0 Å². The number of fused-ring (bicyclic) bond motifs is 5. The Kier molecular flexibility index (Phi) is 3.41. The molecule has 5 rings (SSSR count). The first-order valence-corrected chi connectivity index (χ1v) is 10.6. The monoisotopic (exact) mass is 330 g/mol. The molecule has 4 saturated carbocycles. The summed E-state index contributed by atoms with van der Waals surface area (Å²) in [7, 11) is 0. The summed E-state index contributed by atoms with van der Waals surface area (Å²) >= 11 is 0. The zero-order valence-electron chi connectivity index (χ0n) is 15.4. The normalized spacial score (nSPS) is 53.8. The molecule has 7 atom stereocenters. The van der Waals surface area contributed by atoms with Crippen molar-refractivity contribution in [3.05, 3.63) is 0 Å². The quantitative estimate of drug-likeness (QED) is 0.812. The second-order valence-electron chi connectivity index (χ2n) is 10.2. The van der Waals surface area contributed by atoms with Crippen LogP contribution in [0.2, 0.25) is 0 Å². The van der Waals surface area contributed by atoms with Crippen LogP contribution in [0.15, 0.2) is 0 Å². The molecule has 3 heteroatoms. The van der Waals surface area contributed by atoms with Crippen molar-refractivity contribution < 1.29 is 4.79 Å². The number of amides is 1. The molecule has 1 heterocycles. The van der Waals surface area contributed by atoms with Gasteiger partial charge in [0, 0.05) is 30.0 Å². The second kappa shape index (κ2) is 5.22. The molecule has 0 aromatic rings. The van der Waals surface area contributed by atoms with Gasteiger partial charge in [-0.1, -0.05) is 20.3 Å². The Labute approximate surface area is 146 Å². The molecule has 4 aliphatic carbocycles. The van der Waals surface area contributed by atoms with Gasteiger partial charge in [-0.25, -0.2) is 0 Å². The van der Waals surface area contributed by atoms with Crippen LogP contribution in [0.5, 0.6) is 0 Å². The first-order valence-electron chi connectivity index (χ1n) is 10.6. The van der Waals surface area contributed by atoms with Gasteiger partial charge < -0.3 is 10.6 Å². The van der Waals surface area contributed by atoms with E-state index in [0.29, 0.717) is 30.0 Å². The minimum atomic E-state index is 0.267. The molecular formula is C21H34N2O. The number of nitrogens with one attached hydrogen (secondary N) is 2. The summed E-state index contributed by atoms with van der Waals surface area (Å²) in [6.45, 7) is 5.11. The van der Waals surface area contributed by atoms with Crippen LogP contribution >= 0.6 is 0 Å². The van der Waals surface area contributed by atoms with Crippen LogP contribution in [0.25, 0.3) is 0 Å². The summed E-state index contributed by atoms with van der Waals surface area (Å²) in [6.07, 6.45) is 13.1. The van der Waals surface area contributed by atoms with E-state index in [1.165, 1.54) is 57.8 Å². The molecule has 0 radical (unpaired) electrons. The molecule has 0 aromatic heterocycles. The van der Waals surface area contributed by atoms with Crippen LogP contribution in [-0.2, 0) is 4.79 Å². The number of piperidine rings is 1. The Morgan fingerprint density at radius 3 is 2.62 bits per heavy atom. The molecular weight excluding hydrogens is 296 g/mol. The van der Waals surface area contributed by atoms with Crippen LogP contribution in [-0.4, -0.2) is 24.0 Å². The van der Waals surface area contributed by atoms with E-state index in [4.69, 9.17) is 0 Å². The van der Waals surface area contributed by atoms with E-state index in [0.717, 1.165) is 17.8 Å². The summed E-state index contributed by atoms with van der Waals surface area (Å²) in [4.78, 5) is 12.3. The van der Waals surface area contributed by atoms with Gasteiger partial charge >= 0.3 is 0 Å². The van der Waals surface area contributed by atoms with Crippen molar-refractivity contribution >= 4 is 5.91 Å². The summed E-state index contributed by atoms with van der Waals surface area (Å²) < 4.78 is 0. The van der Waals surface area contributed by atoms with Gasteiger partial charge in [-0.3, -0.25) is 4.79 Å². The Hall–Kier alpha value is -0.570. The van der Waals surface area contributed by atoms with E-state index in [1.54, 1.807) is 0 Å². The fourth-order valence-electron chi connectivity index (χ4n) is 7.54. The first-order chi connectivity index (χ1) is 11.5. The van der Waals surface area contributed by atoms with Crippen LogP contribution in [0.4, 0.5) is 0 Å². The molecule has 0 spiro atoms. The van der Waals surface area contributed by atoms with E-state index >= 15 is 0 Å². The van der Waals surface area contributed by atoms with Crippen molar-refractivity contribution in [1.82, 2.24) is 10.6 Å². The molecule has 0 aromatic carbocycles. The third-order valence-corrected chi connectivity index (χ3v) is 9.05. The third-order valence-electron chi connectivity index (χ3n) is 9.05. The molecule has 5 fully saturated rings. The minimum absolute atomic E-state index is 0.267. The highest BCUT2D eigenvalue weighted by Gasteiger charge is 2.61. The smallest absolute Gasteiger partial charge is 0.221 e. The lowest BCUT2D eigenvalue weighted by Crippen LogP contribution is -2.69. The van der Waals surface area contributed by atoms with Crippen molar-refractivity contribution in [3.63, 3.8) is 0 Å². The molecule has 1 aliphatic heterocycles. The standard InChI is InChI=1S/C21H34N2O/c1-20-10-3-4-15(20)14-7-8-17-21(2,16(14)9-11-20)18(12-19(24)23-17)22-13-5-6-13/h13-18,22H,3-12H2,1-2H3,(H,23,24)/t14-,15-,16-,17+,18?,20-,21+/m0/s1. The zero-order chi connectivity index (χ0) is 16.5. The molecule has 5 aliphatic rings. The van der Waals surface area contributed by atoms with Crippen LogP contribution in [0.1, 0.15) is 78.1 Å². The topological polar surface area (TPSA) is 41.1 Å². The Balaban J connectivity index is 1.48. The number of hydrogen-bond acceptors (Lipinski definition) is 2. The van der Waals surface area contributed by atoms with E-state index in [9.17, 15) is 4.79 Å². The van der Waals surface area contributed by atoms with E-state index in [2.05, 4.69) is 24.5 Å². The maximum Gasteiger partial charge on any atom is 0.221 e. The molecule has 3 nitrogen and oxygen atoms in total. The average molecular weight is 331 g/mol. The molecule has 1 unspecified atom stereocenters. The summed E-state index contributed by atoms with van der Waals surface area (Å²) in [6, 6.07) is 1.50. The number of carbonyl (C=O) groups excluding carboxylic acids is 1. The van der Waals surface area contributed by atoms with Crippen molar-refractivity contribution in [2.45, 2.75) is 96.2 Å². The molecule has 24 heavy (non-hydrogen) atoms. The Morgan fingerprint density at radius 2 is 1.83 bits per heavy atom. The van der Waals surface area contributed by atoms with Gasteiger partial charge in [0.15, 0.2) is 0 Å². The largest absolute Gasteiger partial charge is 0.353 e. The molecule has 1 saturated heterocycles. The second-order valence-corrected chi connectivity index (χ2v) is 10.2. The Morgan fingerprint density at radius 1 is 1.00 bits per heavy atom. The Bertz CT molecular complexity index is 544. The van der Waals surface area contributed by atoms with Crippen molar-refractivity contribution in [3.8, 4) is 0 Å². The lowest BCUT2D eigenvalue weighted by Gasteiger charge is -2.62. The van der Waals surface area contributed by atoms with Gasteiger partial charge in [0.05, 0.1) is 0 Å². The molecule has 2 N–H and O–H groups in total. The van der Waals surface area contributed by atoms with E-state index in [-0.39, 0.29) is 11.3 Å². The molecule has 134 valence electrons. The third kappa shape index (κ3) is 2.15. The van der Waals surface area contributed by atoms with Crippen LogP contribution in [0, 0.1) is 28.6 Å². The highest BCUT2D eigenvalue weighted by Crippen LogP contribution is 2.64. The highest BCUT2D eigenvalue weighted by molar-refractivity contribution is 5.78. The van der Waals surface area contributed by atoms with Gasteiger partial charge in [-0.05, 0) is 74.5 Å². The highest BCUT2D eigenvalue weighted by atomic mass is 16.1. The number of rotatable bonds is 2. The van der Waals surface area contributed by atoms with Crippen molar-refractivity contribution in [2.24, 2.45) is 28.6 Å². The number of carbonyl (C=O) groups is 1. The molecule has 0 bridgehead atoms. The van der Waals surface area contributed by atoms with Crippen molar-refractivity contribution in [2.75, 3.05) is 0 Å². The fourth-order valence-corrected chi connectivity index (χ4v) is 7.54.